The molecule has 1 aliphatic carbocycles. The van der Waals surface area contributed by atoms with E-state index in [-0.39, 0.29) is 11.8 Å². The highest BCUT2D eigenvalue weighted by Crippen LogP contribution is 2.26. The van der Waals surface area contributed by atoms with E-state index in [1.54, 1.807) is 11.0 Å². The molecule has 0 bridgehead atoms. The summed E-state index contributed by atoms with van der Waals surface area (Å²) in [5.41, 5.74) is 4.49. The van der Waals surface area contributed by atoms with E-state index in [2.05, 4.69) is 10.4 Å². The van der Waals surface area contributed by atoms with Gasteiger partial charge in [-0.25, -0.2) is 9.66 Å². The molecule has 94 valence electrons. The van der Waals surface area contributed by atoms with Crippen molar-refractivity contribution in [1.82, 2.24) is 9.66 Å². The standard InChI is InChI=1S/C13H15N3O2/c17-12-7-3-4-9(12)13(18)15-16-8-14-10-5-1-2-6-11(10)16/h1-2,5-6,8-9,12,17H,3-4,7H2,(H,15,18). The van der Waals surface area contributed by atoms with Crippen LogP contribution in [0.3, 0.4) is 0 Å². The Kier molecular flexibility index (Phi) is 2.76. The number of amides is 1. The van der Waals surface area contributed by atoms with E-state index in [4.69, 9.17) is 0 Å². The van der Waals surface area contributed by atoms with Crippen LogP contribution in [0.5, 0.6) is 0 Å². The van der Waals surface area contributed by atoms with Crippen molar-refractivity contribution in [2.45, 2.75) is 25.4 Å². The molecule has 1 amide bonds. The van der Waals surface area contributed by atoms with Crippen LogP contribution in [0, 0.1) is 5.92 Å². The van der Waals surface area contributed by atoms with Gasteiger partial charge in [0, 0.05) is 0 Å². The lowest BCUT2D eigenvalue weighted by Gasteiger charge is -2.15. The first-order valence-electron chi connectivity index (χ1n) is 6.17. The Morgan fingerprint density at radius 2 is 2.22 bits per heavy atom. The third kappa shape index (κ3) is 1.86. The predicted molar refractivity (Wildman–Crippen MR) is 67.4 cm³/mol. The number of hydrogen-bond donors (Lipinski definition) is 2. The van der Waals surface area contributed by atoms with Gasteiger partial charge in [0.05, 0.1) is 23.1 Å². The Morgan fingerprint density at radius 1 is 1.39 bits per heavy atom. The lowest BCUT2D eigenvalue weighted by atomic mass is 10.1. The van der Waals surface area contributed by atoms with Gasteiger partial charge in [-0.05, 0) is 31.4 Å². The average molecular weight is 245 g/mol. The number of imidazole rings is 1. The minimum atomic E-state index is -0.514. The van der Waals surface area contributed by atoms with E-state index in [1.165, 1.54) is 0 Å². The number of nitrogens with one attached hydrogen (secondary N) is 1. The molecule has 1 aliphatic rings. The highest BCUT2D eigenvalue weighted by molar-refractivity contribution is 5.88. The van der Waals surface area contributed by atoms with Gasteiger partial charge in [0.1, 0.15) is 6.33 Å². The van der Waals surface area contributed by atoms with Gasteiger partial charge in [-0.3, -0.25) is 10.2 Å². The number of fused-ring (bicyclic) bond motifs is 1. The van der Waals surface area contributed by atoms with E-state index in [0.29, 0.717) is 6.42 Å². The predicted octanol–water partition coefficient (Wildman–Crippen LogP) is 1.27. The maximum absolute atomic E-state index is 12.0. The van der Waals surface area contributed by atoms with Crippen LogP contribution in [-0.4, -0.2) is 26.8 Å². The average Bonchev–Trinajstić information content (AvgIpc) is 2.97. The van der Waals surface area contributed by atoms with E-state index >= 15 is 0 Å². The van der Waals surface area contributed by atoms with Crippen LogP contribution < -0.4 is 5.43 Å². The zero-order valence-electron chi connectivity index (χ0n) is 9.91. The first kappa shape index (κ1) is 11.2. The number of para-hydroxylation sites is 2. The van der Waals surface area contributed by atoms with E-state index in [9.17, 15) is 9.90 Å². The molecule has 0 saturated heterocycles. The summed E-state index contributed by atoms with van der Waals surface area (Å²) in [6.45, 7) is 0. The quantitative estimate of drug-likeness (QED) is 0.837. The second-order valence-electron chi connectivity index (χ2n) is 4.68. The van der Waals surface area contributed by atoms with Gasteiger partial charge in [0.25, 0.3) is 0 Å². The number of rotatable bonds is 2. The topological polar surface area (TPSA) is 67.2 Å². The summed E-state index contributed by atoms with van der Waals surface area (Å²) in [6, 6.07) is 7.59. The lowest BCUT2D eigenvalue weighted by molar-refractivity contribution is -0.123. The lowest BCUT2D eigenvalue weighted by Crippen LogP contribution is -2.33. The molecule has 5 heteroatoms. The second kappa shape index (κ2) is 4.42. The Morgan fingerprint density at radius 3 is 3.00 bits per heavy atom. The number of aliphatic hydroxyl groups is 1. The molecule has 18 heavy (non-hydrogen) atoms. The fraction of sp³-hybridized carbons (Fsp3) is 0.385. The highest BCUT2D eigenvalue weighted by atomic mass is 16.3. The molecule has 2 aromatic rings. The van der Waals surface area contributed by atoms with Crippen LogP contribution >= 0.6 is 0 Å². The zero-order chi connectivity index (χ0) is 12.5. The fourth-order valence-electron chi connectivity index (χ4n) is 2.50. The first-order valence-corrected chi connectivity index (χ1v) is 6.17. The van der Waals surface area contributed by atoms with Crippen LogP contribution in [0.25, 0.3) is 11.0 Å². The number of carbonyl (C=O) groups is 1. The van der Waals surface area contributed by atoms with Crippen molar-refractivity contribution < 1.29 is 9.90 Å². The van der Waals surface area contributed by atoms with Crippen molar-refractivity contribution in [2.24, 2.45) is 5.92 Å². The smallest absolute Gasteiger partial charge is 0.244 e. The summed E-state index contributed by atoms with van der Waals surface area (Å²) >= 11 is 0. The van der Waals surface area contributed by atoms with Gasteiger partial charge in [-0.1, -0.05) is 12.1 Å². The van der Waals surface area contributed by atoms with Crippen molar-refractivity contribution in [3.05, 3.63) is 30.6 Å². The first-order chi connectivity index (χ1) is 8.75. The van der Waals surface area contributed by atoms with Gasteiger partial charge in [0.2, 0.25) is 5.91 Å². The Hall–Kier alpha value is -1.88. The maximum atomic E-state index is 12.0. The fourth-order valence-corrected chi connectivity index (χ4v) is 2.50. The van der Waals surface area contributed by atoms with Crippen molar-refractivity contribution in [1.29, 1.82) is 0 Å². The summed E-state index contributed by atoms with van der Waals surface area (Å²) in [5, 5.41) is 9.72. The van der Waals surface area contributed by atoms with Crippen LogP contribution in [0.4, 0.5) is 0 Å². The molecule has 1 heterocycles. The number of aromatic nitrogens is 2. The molecule has 0 radical (unpaired) electrons. The minimum absolute atomic E-state index is 0.136. The number of benzene rings is 1. The molecule has 0 aliphatic heterocycles. The van der Waals surface area contributed by atoms with Crippen molar-refractivity contribution in [2.75, 3.05) is 5.43 Å². The Labute approximate surface area is 104 Å². The molecule has 1 aromatic heterocycles. The molecule has 0 spiro atoms. The molecule has 2 unspecified atom stereocenters. The monoisotopic (exact) mass is 245 g/mol. The van der Waals surface area contributed by atoms with Crippen LogP contribution in [0.2, 0.25) is 0 Å². The number of nitrogens with zero attached hydrogens (tertiary/aromatic N) is 2. The van der Waals surface area contributed by atoms with E-state index in [1.807, 2.05) is 24.3 Å². The number of carbonyl (C=O) groups excluding carboxylic acids is 1. The molecule has 3 rings (SSSR count). The number of hydrogen-bond acceptors (Lipinski definition) is 3. The molecular weight excluding hydrogens is 230 g/mol. The largest absolute Gasteiger partial charge is 0.392 e. The molecule has 5 nitrogen and oxygen atoms in total. The van der Waals surface area contributed by atoms with E-state index in [0.717, 1.165) is 23.9 Å². The summed E-state index contributed by atoms with van der Waals surface area (Å²) in [5.74, 6) is -0.436. The Balaban J connectivity index is 1.82. The highest BCUT2D eigenvalue weighted by Gasteiger charge is 2.31. The van der Waals surface area contributed by atoms with Gasteiger partial charge in [-0.15, -0.1) is 0 Å². The number of aliphatic hydroxyl groups excluding tert-OH is 1. The van der Waals surface area contributed by atoms with E-state index < -0.39 is 6.10 Å². The van der Waals surface area contributed by atoms with Crippen molar-refractivity contribution in [3.63, 3.8) is 0 Å². The third-order valence-electron chi connectivity index (χ3n) is 3.50. The summed E-state index contributed by atoms with van der Waals surface area (Å²) in [6.07, 6.45) is 3.44. The second-order valence-corrected chi connectivity index (χ2v) is 4.68. The summed E-state index contributed by atoms with van der Waals surface area (Å²) < 4.78 is 1.61. The van der Waals surface area contributed by atoms with Crippen LogP contribution in [0.15, 0.2) is 30.6 Å². The molecule has 2 atom stereocenters. The maximum Gasteiger partial charge on any atom is 0.244 e. The zero-order valence-corrected chi connectivity index (χ0v) is 9.91. The van der Waals surface area contributed by atoms with Crippen LogP contribution in [-0.2, 0) is 4.79 Å². The van der Waals surface area contributed by atoms with Gasteiger partial charge < -0.3 is 5.11 Å². The molecule has 1 aromatic carbocycles. The molecule has 1 saturated carbocycles. The summed E-state index contributed by atoms with van der Waals surface area (Å²) in [4.78, 5) is 16.3. The SMILES string of the molecule is O=C(Nn1cnc2ccccc21)C1CCCC1O. The van der Waals surface area contributed by atoms with Gasteiger partial charge >= 0.3 is 0 Å². The van der Waals surface area contributed by atoms with Gasteiger partial charge in [-0.2, -0.15) is 0 Å². The van der Waals surface area contributed by atoms with Crippen LogP contribution in [0.1, 0.15) is 19.3 Å². The minimum Gasteiger partial charge on any atom is -0.392 e. The Bertz CT molecular complexity index is 578. The molecule has 2 N–H and O–H groups in total. The van der Waals surface area contributed by atoms with Gasteiger partial charge in [0.15, 0.2) is 0 Å². The normalized spacial score (nSPS) is 23.4. The molecular formula is C13H15N3O2. The van der Waals surface area contributed by atoms with Crippen molar-refractivity contribution in [3.8, 4) is 0 Å². The molecule has 1 fully saturated rings. The van der Waals surface area contributed by atoms with Crippen molar-refractivity contribution >= 4 is 16.9 Å². The summed E-state index contributed by atoms with van der Waals surface area (Å²) in [7, 11) is 0. The third-order valence-corrected chi connectivity index (χ3v) is 3.50.